The maximum atomic E-state index is 6.08. The molecule has 1 aliphatic rings. The third-order valence-corrected chi connectivity index (χ3v) is 3.21. The zero-order chi connectivity index (χ0) is 10.5. The van der Waals surface area contributed by atoms with Gasteiger partial charge in [-0.25, -0.2) is 0 Å². The molecule has 2 N–H and O–H groups in total. The number of benzene rings is 1. The Kier molecular flexibility index (Phi) is 4.01. The highest BCUT2D eigenvalue weighted by Crippen LogP contribution is 2.14. The van der Waals surface area contributed by atoms with E-state index in [2.05, 4.69) is 16.7 Å². The van der Waals surface area contributed by atoms with E-state index in [9.17, 15) is 0 Å². The molecule has 3 heteroatoms. The molecule has 1 saturated heterocycles. The summed E-state index contributed by atoms with van der Waals surface area (Å²) in [5.41, 5.74) is 1.23. The molecule has 1 unspecified atom stereocenters. The van der Waals surface area contributed by atoms with Gasteiger partial charge in [-0.05, 0) is 37.6 Å². The van der Waals surface area contributed by atoms with Crippen molar-refractivity contribution >= 4 is 11.6 Å². The van der Waals surface area contributed by atoms with Crippen molar-refractivity contribution in [1.29, 1.82) is 0 Å². The van der Waals surface area contributed by atoms with Crippen LogP contribution in [0, 0.1) is 0 Å². The summed E-state index contributed by atoms with van der Waals surface area (Å²) in [6.45, 7) is 3.25. The maximum absolute atomic E-state index is 6.08. The fourth-order valence-corrected chi connectivity index (χ4v) is 2.17. The highest BCUT2D eigenvalue weighted by atomic mass is 35.5. The van der Waals surface area contributed by atoms with E-state index in [0.717, 1.165) is 31.1 Å². The number of hydrogen-bond donors (Lipinski definition) is 2. The SMILES string of the molecule is Clc1ccccc1CCNC1CCNC1. The van der Waals surface area contributed by atoms with Crippen molar-refractivity contribution in [3.63, 3.8) is 0 Å². The van der Waals surface area contributed by atoms with Crippen molar-refractivity contribution in [2.45, 2.75) is 18.9 Å². The van der Waals surface area contributed by atoms with E-state index >= 15 is 0 Å². The summed E-state index contributed by atoms with van der Waals surface area (Å²) < 4.78 is 0. The molecule has 1 fully saturated rings. The van der Waals surface area contributed by atoms with Crippen molar-refractivity contribution in [3.05, 3.63) is 34.9 Å². The highest BCUT2D eigenvalue weighted by molar-refractivity contribution is 6.31. The van der Waals surface area contributed by atoms with Crippen LogP contribution in [0.5, 0.6) is 0 Å². The number of rotatable bonds is 4. The molecule has 1 heterocycles. The maximum Gasteiger partial charge on any atom is 0.0438 e. The van der Waals surface area contributed by atoms with E-state index in [1.807, 2.05) is 18.2 Å². The van der Waals surface area contributed by atoms with Gasteiger partial charge in [0, 0.05) is 17.6 Å². The second-order valence-corrected chi connectivity index (χ2v) is 4.39. The van der Waals surface area contributed by atoms with Gasteiger partial charge in [0.25, 0.3) is 0 Å². The van der Waals surface area contributed by atoms with Crippen LogP contribution in [0.3, 0.4) is 0 Å². The van der Waals surface area contributed by atoms with Crippen molar-refractivity contribution in [2.75, 3.05) is 19.6 Å². The molecular formula is C12H17ClN2. The van der Waals surface area contributed by atoms with Crippen molar-refractivity contribution in [2.24, 2.45) is 0 Å². The molecule has 2 rings (SSSR count). The summed E-state index contributed by atoms with van der Waals surface area (Å²) in [4.78, 5) is 0. The lowest BCUT2D eigenvalue weighted by atomic mass is 10.1. The Bertz CT molecular complexity index is 308. The molecular weight excluding hydrogens is 208 g/mol. The minimum Gasteiger partial charge on any atom is -0.315 e. The fraction of sp³-hybridized carbons (Fsp3) is 0.500. The summed E-state index contributed by atoms with van der Waals surface area (Å²) in [5.74, 6) is 0. The zero-order valence-corrected chi connectivity index (χ0v) is 9.56. The normalized spacial score (nSPS) is 20.7. The molecule has 1 aromatic carbocycles. The number of halogens is 1. The lowest BCUT2D eigenvalue weighted by Crippen LogP contribution is -2.32. The molecule has 2 nitrogen and oxygen atoms in total. The Hall–Kier alpha value is -0.570. The van der Waals surface area contributed by atoms with E-state index in [-0.39, 0.29) is 0 Å². The Morgan fingerprint density at radius 1 is 1.40 bits per heavy atom. The van der Waals surface area contributed by atoms with Gasteiger partial charge in [-0.3, -0.25) is 0 Å². The second kappa shape index (κ2) is 5.50. The molecule has 0 amide bonds. The molecule has 0 radical (unpaired) electrons. The molecule has 15 heavy (non-hydrogen) atoms. The third kappa shape index (κ3) is 3.20. The quantitative estimate of drug-likeness (QED) is 0.816. The molecule has 0 spiro atoms. The molecule has 1 atom stereocenters. The summed E-state index contributed by atoms with van der Waals surface area (Å²) in [7, 11) is 0. The summed E-state index contributed by atoms with van der Waals surface area (Å²) in [6, 6.07) is 8.70. The Labute approximate surface area is 96.0 Å². The topological polar surface area (TPSA) is 24.1 Å². The van der Waals surface area contributed by atoms with E-state index in [1.54, 1.807) is 0 Å². The first-order valence-electron chi connectivity index (χ1n) is 5.54. The van der Waals surface area contributed by atoms with Gasteiger partial charge in [-0.15, -0.1) is 0 Å². The van der Waals surface area contributed by atoms with Crippen LogP contribution in [0.15, 0.2) is 24.3 Å². The predicted octanol–water partition coefficient (Wildman–Crippen LogP) is 1.83. The van der Waals surface area contributed by atoms with Crippen LogP contribution in [0.25, 0.3) is 0 Å². The van der Waals surface area contributed by atoms with Crippen LogP contribution >= 0.6 is 11.6 Å². The Balaban J connectivity index is 1.75. The van der Waals surface area contributed by atoms with Gasteiger partial charge < -0.3 is 10.6 Å². The summed E-state index contributed by atoms with van der Waals surface area (Å²) in [6.07, 6.45) is 2.25. The van der Waals surface area contributed by atoms with Crippen molar-refractivity contribution in [3.8, 4) is 0 Å². The minimum atomic E-state index is 0.646. The van der Waals surface area contributed by atoms with Gasteiger partial charge in [0.15, 0.2) is 0 Å². The Morgan fingerprint density at radius 2 is 2.27 bits per heavy atom. The summed E-state index contributed by atoms with van der Waals surface area (Å²) in [5, 5.41) is 7.76. The first-order chi connectivity index (χ1) is 7.36. The van der Waals surface area contributed by atoms with Gasteiger partial charge in [0.05, 0.1) is 0 Å². The molecule has 0 bridgehead atoms. The average molecular weight is 225 g/mol. The van der Waals surface area contributed by atoms with Gasteiger partial charge in [0.2, 0.25) is 0 Å². The summed E-state index contributed by atoms with van der Waals surface area (Å²) >= 11 is 6.08. The third-order valence-electron chi connectivity index (χ3n) is 2.85. The molecule has 0 aliphatic carbocycles. The lowest BCUT2D eigenvalue weighted by Gasteiger charge is -2.11. The van der Waals surface area contributed by atoms with Crippen LogP contribution in [0.4, 0.5) is 0 Å². The van der Waals surface area contributed by atoms with Gasteiger partial charge in [-0.1, -0.05) is 29.8 Å². The predicted molar refractivity (Wildman–Crippen MR) is 64.4 cm³/mol. The standard InChI is InChI=1S/C12H17ClN2/c13-12-4-2-1-3-10(12)5-8-15-11-6-7-14-9-11/h1-4,11,14-15H,5-9H2. The molecule has 1 aromatic rings. The lowest BCUT2D eigenvalue weighted by molar-refractivity contribution is 0.550. The number of nitrogens with one attached hydrogen (secondary N) is 2. The monoisotopic (exact) mass is 224 g/mol. The van der Waals surface area contributed by atoms with E-state index in [0.29, 0.717) is 6.04 Å². The van der Waals surface area contributed by atoms with Gasteiger partial charge in [0.1, 0.15) is 0 Å². The first-order valence-corrected chi connectivity index (χ1v) is 5.91. The number of hydrogen-bond acceptors (Lipinski definition) is 2. The van der Waals surface area contributed by atoms with E-state index < -0.39 is 0 Å². The van der Waals surface area contributed by atoms with Gasteiger partial charge in [-0.2, -0.15) is 0 Å². The highest BCUT2D eigenvalue weighted by Gasteiger charge is 2.12. The fourth-order valence-electron chi connectivity index (χ4n) is 1.94. The second-order valence-electron chi connectivity index (χ2n) is 3.99. The zero-order valence-electron chi connectivity index (χ0n) is 8.80. The molecule has 1 aliphatic heterocycles. The van der Waals surface area contributed by atoms with Crippen LogP contribution < -0.4 is 10.6 Å². The first kappa shape index (κ1) is 10.9. The van der Waals surface area contributed by atoms with E-state index in [4.69, 9.17) is 11.6 Å². The molecule has 0 saturated carbocycles. The molecule has 82 valence electrons. The van der Waals surface area contributed by atoms with Crippen molar-refractivity contribution in [1.82, 2.24) is 10.6 Å². The minimum absolute atomic E-state index is 0.646. The van der Waals surface area contributed by atoms with Crippen LogP contribution in [-0.2, 0) is 6.42 Å². The largest absolute Gasteiger partial charge is 0.315 e. The molecule has 0 aromatic heterocycles. The Morgan fingerprint density at radius 3 is 3.00 bits per heavy atom. The average Bonchev–Trinajstić information content (AvgIpc) is 2.74. The van der Waals surface area contributed by atoms with E-state index in [1.165, 1.54) is 12.0 Å². The van der Waals surface area contributed by atoms with Crippen LogP contribution in [0.2, 0.25) is 5.02 Å². The smallest absolute Gasteiger partial charge is 0.0438 e. The van der Waals surface area contributed by atoms with Crippen molar-refractivity contribution < 1.29 is 0 Å². The van der Waals surface area contributed by atoms with Gasteiger partial charge >= 0.3 is 0 Å². The van der Waals surface area contributed by atoms with Crippen LogP contribution in [0.1, 0.15) is 12.0 Å². The van der Waals surface area contributed by atoms with Crippen LogP contribution in [-0.4, -0.2) is 25.7 Å².